The average molecular weight is 456 g/mol. The minimum atomic E-state index is 0.133. The Morgan fingerprint density at radius 2 is 1.32 bits per heavy atom. The van der Waals surface area contributed by atoms with Gasteiger partial charge in [-0.1, -0.05) is 74.3 Å². The number of hydrogen-bond acceptors (Lipinski definition) is 2. The molecule has 25 heavy (non-hydrogen) atoms. The Labute approximate surface area is 164 Å². The number of anilines is 1. The zero-order chi connectivity index (χ0) is 17.2. The first-order chi connectivity index (χ1) is 12.2. The maximum Gasteiger partial charge on any atom is 0.0958 e. The molecule has 1 aliphatic heterocycles. The minimum absolute atomic E-state index is 0.133. The predicted molar refractivity (Wildman–Crippen MR) is 111 cm³/mol. The summed E-state index contributed by atoms with van der Waals surface area (Å²) < 4.78 is 2.17. The molecule has 4 heteroatoms. The van der Waals surface area contributed by atoms with Crippen LogP contribution in [0.4, 0.5) is 5.69 Å². The van der Waals surface area contributed by atoms with Crippen molar-refractivity contribution in [2.24, 2.45) is 0 Å². The molecule has 0 fully saturated rings. The molecule has 1 heterocycles. The number of nitrogens with one attached hydrogen (secondary N) is 1. The van der Waals surface area contributed by atoms with E-state index in [1.165, 1.54) is 11.1 Å². The van der Waals surface area contributed by atoms with Gasteiger partial charge in [-0.05, 0) is 53.6 Å². The monoisotopic (exact) mass is 454 g/mol. The van der Waals surface area contributed by atoms with E-state index in [0.717, 1.165) is 20.3 Å². The number of hydrazine groups is 1. The van der Waals surface area contributed by atoms with Crippen LogP contribution in [0.2, 0.25) is 0 Å². The summed E-state index contributed by atoms with van der Waals surface area (Å²) in [6.07, 6.45) is 2.28. The van der Waals surface area contributed by atoms with E-state index in [9.17, 15) is 0 Å². The Balaban J connectivity index is 1.74. The number of para-hydroxylation sites is 1. The van der Waals surface area contributed by atoms with Gasteiger partial charge in [0.1, 0.15) is 0 Å². The number of halogens is 2. The summed E-state index contributed by atoms with van der Waals surface area (Å²) in [4.78, 5) is 0. The molecule has 1 N–H and O–H groups in total. The van der Waals surface area contributed by atoms with Crippen molar-refractivity contribution in [2.45, 2.75) is 6.04 Å². The number of nitrogens with zero attached hydrogens (tertiary/aromatic N) is 1. The van der Waals surface area contributed by atoms with Crippen LogP contribution >= 0.6 is 31.9 Å². The number of hydrogen-bond donors (Lipinski definition) is 1. The molecule has 124 valence electrons. The lowest BCUT2D eigenvalue weighted by atomic mass is 10.0. The quantitative estimate of drug-likeness (QED) is 0.497. The van der Waals surface area contributed by atoms with Crippen molar-refractivity contribution >= 4 is 43.2 Å². The van der Waals surface area contributed by atoms with Gasteiger partial charge >= 0.3 is 0 Å². The highest BCUT2D eigenvalue weighted by Gasteiger charge is 2.26. The summed E-state index contributed by atoms with van der Waals surface area (Å²) in [6.45, 7) is 0. The molecule has 3 aromatic carbocycles. The molecule has 0 saturated heterocycles. The fourth-order valence-corrected chi connectivity index (χ4v) is 3.51. The van der Waals surface area contributed by atoms with Crippen LogP contribution in [-0.4, -0.2) is 0 Å². The third-order valence-corrected chi connectivity index (χ3v) is 5.30. The Bertz CT molecular complexity index is 887. The summed E-state index contributed by atoms with van der Waals surface area (Å²) in [5.74, 6) is 0. The highest BCUT2D eigenvalue weighted by molar-refractivity contribution is 9.10. The zero-order valence-electron chi connectivity index (χ0n) is 13.4. The van der Waals surface area contributed by atoms with Gasteiger partial charge in [0.15, 0.2) is 0 Å². The van der Waals surface area contributed by atoms with Gasteiger partial charge in [-0.15, -0.1) is 0 Å². The summed E-state index contributed by atoms with van der Waals surface area (Å²) in [5.41, 5.74) is 8.24. The minimum Gasteiger partial charge on any atom is -0.297 e. The van der Waals surface area contributed by atoms with Gasteiger partial charge < -0.3 is 0 Å². The van der Waals surface area contributed by atoms with Gasteiger partial charge in [0, 0.05) is 8.95 Å². The van der Waals surface area contributed by atoms with Crippen LogP contribution in [0.5, 0.6) is 0 Å². The summed E-state index contributed by atoms with van der Waals surface area (Å²) >= 11 is 7.02. The highest BCUT2D eigenvalue weighted by Crippen LogP contribution is 2.35. The van der Waals surface area contributed by atoms with Crippen molar-refractivity contribution in [3.63, 3.8) is 0 Å². The normalized spacial score (nSPS) is 16.5. The van der Waals surface area contributed by atoms with Gasteiger partial charge in [0.2, 0.25) is 0 Å². The smallest absolute Gasteiger partial charge is 0.0958 e. The third-order valence-electron chi connectivity index (χ3n) is 4.24. The van der Waals surface area contributed by atoms with E-state index in [1.54, 1.807) is 0 Å². The van der Waals surface area contributed by atoms with Crippen LogP contribution in [0, 0.1) is 0 Å². The maximum atomic E-state index is 3.57. The largest absolute Gasteiger partial charge is 0.297 e. The lowest BCUT2D eigenvalue weighted by Crippen LogP contribution is -2.33. The SMILES string of the molecule is Brc1ccc(C2=CC(c3ccc(Br)cc3)N(c3ccccc3)N2)cc1. The second kappa shape index (κ2) is 7.06. The van der Waals surface area contributed by atoms with Gasteiger partial charge in [0.05, 0.1) is 17.4 Å². The van der Waals surface area contributed by atoms with Crippen LogP contribution in [0.25, 0.3) is 5.70 Å². The zero-order valence-corrected chi connectivity index (χ0v) is 16.5. The van der Waals surface area contributed by atoms with Crippen molar-refractivity contribution in [3.05, 3.63) is 105 Å². The standard InChI is InChI=1S/C21H16Br2N2/c22-17-10-6-15(7-11-17)20-14-21(16-8-12-18(23)13-9-16)25(24-20)19-4-2-1-3-5-19/h1-14,21,24H. The van der Waals surface area contributed by atoms with E-state index in [4.69, 9.17) is 0 Å². The topological polar surface area (TPSA) is 15.3 Å². The molecule has 0 bridgehead atoms. The number of benzene rings is 3. The van der Waals surface area contributed by atoms with Crippen molar-refractivity contribution < 1.29 is 0 Å². The Kier molecular flexibility index (Phi) is 4.64. The summed E-state index contributed by atoms with van der Waals surface area (Å²) in [5, 5.41) is 2.21. The van der Waals surface area contributed by atoms with Crippen molar-refractivity contribution in [2.75, 3.05) is 5.01 Å². The van der Waals surface area contributed by atoms with Crippen LogP contribution in [-0.2, 0) is 0 Å². The number of rotatable bonds is 3. The fourth-order valence-electron chi connectivity index (χ4n) is 2.98. The Hall–Kier alpha value is -2.04. The van der Waals surface area contributed by atoms with Gasteiger partial charge in [-0.25, -0.2) is 0 Å². The molecule has 0 aromatic heterocycles. The average Bonchev–Trinajstić information content (AvgIpc) is 3.09. The maximum absolute atomic E-state index is 3.57. The first kappa shape index (κ1) is 16.4. The molecule has 4 rings (SSSR count). The Morgan fingerprint density at radius 3 is 1.96 bits per heavy atom. The van der Waals surface area contributed by atoms with E-state index >= 15 is 0 Å². The molecule has 1 aliphatic rings. The molecule has 0 radical (unpaired) electrons. The molecular formula is C21H16Br2N2. The fraction of sp³-hybridized carbons (Fsp3) is 0.0476. The van der Waals surface area contributed by atoms with E-state index in [1.807, 2.05) is 6.07 Å². The van der Waals surface area contributed by atoms with E-state index < -0.39 is 0 Å². The van der Waals surface area contributed by atoms with Crippen LogP contribution in [0.15, 0.2) is 93.9 Å². The van der Waals surface area contributed by atoms with Crippen LogP contribution in [0.3, 0.4) is 0 Å². The second-order valence-corrected chi connectivity index (χ2v) is 7.73. The molecule has 0 saturated carbocycles. The molecule has 0 aliphatic carbocycles. The van der Waals surface area contributed by atoms with Crippen molar-refractivity contribution in [1.29, 1.82) is 0 Å². The van der Waals surface area contributed by atoms with Crippen molar-refractivity contribution in [3.8, 4) is 0 Å². The Morgan fingerprint density at radius 1 is 0.720 bits per heavy atom. The molecule has 3 aromatic rings. The highest BCUT2D eigenvalue weighted by atomic mass is 79.9. The van der Waals surface area contributed by atoms with E-state index in [0.29, 0.717) is 0 Å². The lowest BCUT2D eigenvalue weighted by molar-refractivity contribution is 0.724. The van der Waals surface area contributed by atoms with Crippen LogP contribution in [0.1, 0.15) is 17.2 Å². The first-order valence-electron chi connectivity index (χ1n) is 8.05. The first-order valence-corrected chi connectivity index (χ1v) is 9.63. The van der Waals surface area contributed by atoms with Gasteiger partial charge in [-0.2, -0.15) is 0 Å². The van der Waals surface area contributed by atoms with Crippen LogP contribution < -0.4 is 10.4 Å². The summed E-state index contributed by atoms with van der Waals surface area (Å²) in [6, 6.07) is 27.4. The lowest BCUT2D eigenvalue weighted by Gasteiger charge is -2.27. The summed E-state index contributed by atoms with van der Waals surface area (Å²) in [7, 11) is 0. The van der Waals surface area contributed by atoms with E-state index in [-0.39, 0.29) is 6.04 Å². The molecule has 2 nitrogen and oxygen atoms in total. The van der Waals surface area contributed by atoms with Crippen molar-refractivity contribution in [1.82, 2.24) is 5.43 Å². The molecule has 1 unspecified atom stereocenters. The molecule has 1 atom stereocenters. The third kappa shape index (κ3) is 3.51. The molecule has 0 spiro atoms. The molecular weight excluding hydrogens is 440 g/mol. The van der Waals surface area contributed by atoms with Gasteiger partial charge in [-0.3, -0.25) is 10.4 Å². The molecule has 0 amide bonds. The van der Waals surface area contributed by atoms with E-state index in [2.05, 4.69) is 121 Å². The second-order valence-electron chi connectivity index (χ2n) is 5.90. The van der Waals surface area contributed by atoms with Gasteiger partial charge in [0.25, 0.3) is 0 Å². The predicted octanol–water partition coefficient (Wildman–Crippen LogP) is 6.32.